The van der Waals surface area contributed by atoms with E-state index in [4.69, 9.17) is 4.74 Å². The van der Waals surface area contributed by atoms with E-state index in [1.807, 2.05) is 0 Å². The summed E-state index contributed by atoms with van der Waals surface area (Å²) >= 11 is 0. The third-order valence-electron chi connectivity index (χ3n) is 3.76. The lowest BCUT2D eigenvalue weighted by molar-refractivity contribution is -0.385. The third-order valence-corrected chi connectivity index (χ3v) is 3.76. The Bertz CT molecular complexity index is 541. The van der Waals surface area contributed by atoms with Gasteiger partial charge in [-0.25, -0.2) is 0 Å². The first-order chi connectivity index (χ1) is 10.0. The number of nitrogens with zero attached hydrogens (tertiary/aromatic N) is 2. The Morgan fingerprint density at radius 1 is 1.52 bits per heavy atom. The van der Waals surface area contributed by atoms with E-state index in [2.05, 4.69) is 5.32 Å². The Labute approximate surface area is 123 Å². The van der Waals surface area contributed by atoms with Crippen LogP contribution in [0.15, 0.2) is 18.2 Å². The highest BCUT2D eigenvalue weighted by molar-refractivity contribution is 5.95. The van der Waals surface area contributed by atoms with E-state index in [9.17, 15) is 14.9 Å². The van der Waals surface area contributed by atoms with Gasteiger partial charge in [0.1, 0.15) is 0 Å². The quantitative estimate of drug-likeness (QED) is 0.670. The standard InChI is InChI=1S/C14H19N3O4/c1-16(11-4-3-7-15-9-11)14(18)10-5-6-13(21-2)12(8-10)17(19)20/h5-6,8,11,15H,3-4,7,9H2,1-2H3. The molecule has 0 aliphatic carbocycles. The number of methoxy groups -OCH3 is 1. The minimum absolute atomic E-state index is 0.118. The molecule has 1 heterocycles. The maximum atomic E-state index is 12.5. The van der Waals surface area contributed by atoms with Gasteiger partial charge in [-0.2, -0.15) is 0 Å². The van der Waals surface area contributed by atoms with Crippen molar-refractivity contribution in [2.75, 3.05) is 27.2 Å². The van der Waals surface area contributed by atoms with Crippen molar-refractivity contribution in [3.63, 3.8) is 0 Å². The average molecular weight is 293 g/mol. The van der Waals surface area contributed by atoms with Gasteiger partial charge in [-0.15, -0.1) is 0 Å². The number of nitro benzene ring substituents is 1. The fraction of sp³-hybridized carbons (Fsp3) is 0.500. The molecule has 1 atom stereocenters. The number of hydrogen-bond donors (Lipinski definition) is 1. The number of ether oxygens (including phenoxy) is 1. The van der Waals surface area contributed by atoms with Gasteiger partial charge < -0.3 is 15.0 Å². The summed E-state index contributed by atoms with van der Waals surface area (Å²) in [5, 5.41) is 14.3. The maximum absolute atomic E-state index is 12.5. The van der Waals surface area contributed by atoms with Crippen molar-refractivity contribution >= 4 is 11.6 Å². The Morgan fingerprint density at radius 3 is 2.86 bits per heavy atom. The predicted molar refractivity (Wildman–Crippen MR) is 77.6 cm³/mol. The smallest absolute Gasteiger partial charge is 0.311 e. The number of nitro groups is 1. The maximum Gasteiger partial charge on any atom is 0.311 e. The molecule has 0 bridgehead atoms. The zero-order valence-corrected chi connectivity index (χ0v) is 12.2. The summed E-state index contributed by atoms with van der Waals surface area (Å²) < 4.78 is 4.94. The van der Waals surface area contributed by atoms with Crippen molar-refractivity contribution in [1.29, 1.82) is 0 Å². The van der Waals surface area contributed by atoms with E-state index in [-0.39, 0.29) is 23.4 Å². The fourth-order valence-electron chi connectivity index (χ4n) is 2.50. The van der Waals surface area contributed by atoms with Gasteiger partial charge in [0.15, 0.2) is 5.75 Å². The van der Waals surface area contributed by atoms with E-state index < -0.39 is 4.92 Å². The van der Waals surface area contributed by atoms with Crippen LogP contribution in [0.1, 0.15) is 23.2 Å². The van der Waals surface area contributed by atoms with Crippen LogP contribution in [0.5, 0.6) is 5.75 Å². The van der Waals surface area contributed by atoms with Gasteiger partial charge in [0, 0.05) is 31.3 Å². The number of rotatable bonds is 4. The van der Waals surface area contributed by atoms with Gasteiger partial charge in [-0.05, 0) is 31.5 Å². The summed E-state index contributed by atoms with van der Waals surface area (Å²) in [5.41, 5.74) is 0.106. The van der Waals surface area contributed by atoms with Gasteiger partial charge >= 0.3 is 5.69 Å². The lowest BCUT2D eigenvalue weighted by Crippen LogP contribution is -2.46. The lowest BCUT2D eigenvalue weighted by atomic mass is 10.0. The molecule has 7 heteroatoms. The number of piperidine rings is 1. The molecular formula is C14H19N3O4. The van der Waals surface area contributed by atoms with Gasteiger partial charge in [-0.3, -0.25) is 14.9 Å². The van der Waals surface area contributed by atoms with Gasteiger partial charge in [-0.1, -0.05) is 0 Å². The van der Waals surface area contributed by atoms with Crippen LogP contribution in [0.2, 0.25) is 0 Å². The summed E-state index contributed by atoms with van der Waals surface area (Å²) in [4.78, 5) is 24.6. The first-order valence-corrected chi connectivity index (χ1v) is 6.85. The molecular weight excluding hydrogens is 274 g/mol. The van der Waals surface area contributed by atoms with Crippen molar-refractivity contribution in [3.8, 4) is 5.75 Å². The number of likely N-dealkylation sites (N-methyl/N-ethyl adjacent to an activating group) is 1. The summed E-state index contributed by atoms with van der Waals surface area (Å²) in [5.74, 6) is -0.0620. The van der Waals surface area contributed by atoms with Crippen LogP contribution in [-0.4, -0.2) is 49.0 Å². The largest absolute Gasteiger partial charge is 0.490 e. The minimum Gasteiger partial charge on any atom is -0.490 e. The highest BCUT2D eigenvalue weighted by atomic mass is 16.6. The second kappa shape index (κ2) is 6.53. The summed E-state index contributed by atoms with van der Waals surface area (Å²) in [6.07, 6.45) is 1.96. The fourth-order valence-corrected chi connectivity index (χ4v) is 2.50. The van der Waals surface area contributed by atoms with E-state index in [1.54, 1.807) is 18.0 Å². The Hall–Kier alpha value is -2.15. The van der Waals surface area contributed by atoms with Crippen molar-refractivity contribution < 1.29 is 14.5 Å². The zero-order chi connectivity index (χ0) is 15.4. The zero-order valence-electron chi connectivity index (χ0n) is 12.2. The highest BCUT2D eigenvalue weighted by Gasteiger charge is 2.25. The first-order valence-electron chi connectivity index (χ1n) is 6.85. The van der Waals surface area contributed by atoms with E-state index >= 15 is 0 Å². The van der Waals surface area contributed by atoms with Gasteiger partial charge in [0.25, 0.3) is 5.91 Å². The van der Waals surface area contributed by atoms with Crippen molar-refractivity contribution in [2.24, 2.45) is 0 Å². The van der Waals surface area contributed by atoms with Gasteiger partial charge in [0.2, 0.25) is 0 Å². The molecule has 1 unspecified atom stereocenters. The molecule has 1 amide bonds. The molecule has 0 radical (unpaired) electrons. The molecule has 1 aromatic carbocycles. The second-order valence-electron chi connectivity index (χ2n) is 5.06. The number of carbonyl (C=O) groups is 1. The van der Waals surface area contributed by atoms with Gasteiger partial charge in [0.05, 0.1) is 12.0 Å². The van der Waals surface area contributed by atoms with Crippen molar-refractivity contribution in [3.05, 3.63) is 33.9 Å². The predicted octanol–water partition coefficient (Wildman–Crippen LogP) is 1.43. The van der Waals surface area contributed by atoms with Crippen LogP contribution in [0.4, 0.5) is 5.69 Å². The summed E-state index contributed by atoms with van der Waals surface area (Å²) in [6.45, 7) is 1.72. The molecule has 2 rings (SSSR count). The summed E-state index contributed by atoms with van der Waals surface area (Å²) in [6, 6.07) is 4.40. The van der Waals surface area contributed by atoms with Crippen molar-refractivity contribution in [1.82, 2.24) is 10.2 Å². The topological polar surface area (TPSA) is 84.7 Å². The SMILES string of the molecule is COc1ccc(C(=O)N(C)C2CCCNC2)cc1[N+](=O)[O-]. The third kappa shape index (κ3) is 3.30. The minimum atomic E-state index is -0.544. The summed E-state index contributed by atoms with van der Waals surface area (Å²) in [7, 11) is 3.10. The van der Waals surface area contributed by atoms with Crippen LogP contribution >= 0.6 is 0 Å². The normalized spacial score (nSPS) is 18.1. The molecule has 0 aromatic heterocycles. The van der Waals surface area contributed by atoms with Crippen molar-refractivity contribution in [2.45, 2.75) is 18.9 Å². The number of benzene rings is 1. The molecule has 1 fully saturated rings. The van der Waals surface area contributed by atoms with Crippen LogP contribution < -0.4 is 10.1 Å². The van der Waals surface area contributed by atoms with E-state index in [0.29, 0.717) is 5.56 Å². The molecule has 1 N–H and O–H groups in total. The number of carbonyl (C=O) groups excluding carboxylic acids is 1. The second-order valence-corrected chi connectivity index (χ2v) is 5.06. The monoisotopic (exact) mass is 293 g/mol. The lowest BCUT2D eigenvalue weighted by Gasteiger charge is -2.31. The van der Waals surface area contributed by atoms with Crippen LogP contribution in [0.3, 0.4) is 0 Å². The number of hydrogen-bond acceptors (Lipinski definition) is 5. The van der Waals surface area contributed by atoms with Crippen LogP contribution in [-0.2, 0) is 0 Å². The van der Waals surface area contributed by atoms with Crippen LogP contribution in [0, 0.1) is 10.1 Å². The first kappa shape index (κ1) is 15.2. The molecule has 1 saturated heterocycles. The Kier molecular flexibility index (Phi) is 4.74. The molecule has 1 aliphatic rings. The van der Waals surface area contributed by atoms with E-state index in [1.165, 1.54) is 19.2 Å². The number of nitrogens with one attached hydrogen (secondary N) is 1. The molecule has 0 saturated carbocycles. The molecule has 114 valence electrons. The van der Waals surface area contributed by atoms with Crippen LogP contribution in [0.25, 0.3) is 0 Å². The highest BCUT2D eigenvalue weighted by Crippen LogP contribution is 2.28. The molecule has 1 aromatic rings. The average Bonchev–Trinajstić information content (AvgIpc) is 2.53. The number of amides is 1. The van der Waals surface area contributed by atoms with E-state index in [0.717, 1.165) is 25.9 Å². The molecule has 0 spiro atoms. The Morgan fingerprint density at radius 2 is 2.29 bits per heavy atom. The Balaban J connectivity index is 2.22. The molecule has 21 heavy (non-hydrogen) atoms. The molecule has 1 aliphatic heterocycles. The molecule has 7 nitrogen and oxygen atoms in total.